The molecule has 3 amide bonds. The second kappa shape index (κ2) is 10.4. The van der Waals surface area contributed by atoms with Crippen molar-refractivity contribution in [2.24, 2.45) is 0 Å². The van der Waals surface area contributed by atoms with Gasteiger partial charge in [-0.05, 0) is 31.5 Å². The molecule has 0 heterocycles. The molecule has 0 radical (unpaired) electrons. The molecule has 0 aliphatic heterocycles. The molecule has 6 nitrogen and oxygen atoms in total. The van der Waals surface area contributed by atoms with Crippen LogP contribution < -0.4 is 10.6 Å². The van der Waals surface area contributed by atoms with E-state index >= 15 is 0 Å². The van der Waals surface area contributed by atoms with E-state index in [0.717, 1.165) is 10.5 Å². The minimum Gasteiger partial charge on any atom is -0.454 e. The Bertz CT molecular complexity index is 766. The number of esters is 1. The lowest BCUT2D eigenvalue weighted by molar-refractivity contribution is -0.147. The number of ether oxygens (including phenoxy) is 1. The van der Waals surface area contributed by atoms with Crippen molar-refractivity contribution in [2.75, 3.05) is 6.61 Å². The highest BCUT2D eigenvalue weighted by Crippen LogP contribution is 2.36. The molecule has 0 aliphatic rings. The summed E-state index contributed by atoms with van der Waals surface area (Å²) < 4.78 is 5.15. The molecule has 0 fully saturated rings. The number of carbonyl (C=O) groups excluding carboxylic acids is 3. The summed E-state index contributed by atoms with van der Waals surface area (Å²) in [6.45, 7) is 3.02. The molecule has 2 aromatic carbocycles. The van der Waals surface area contributed by atoms with Crippen LogP contribution in [0, 0.1) is 0 Å². The number of urea groups is 1. The highest BCUT2D eigenvalue weighted by molar-refractivity contribution is 8.00. The number of imide groups is 1. The highest BCUT2D eigenvalue weighted by Gasteiger charge is 2.24. The van der Waals surface area contributed by atoms with Crippen LogP contribution in [0.4, 0.5) is 4.79 Å². The first-order chi connectivity index (χ1) is 13.0. The lowest BCUT2D eigenvalue weighted by atomic mass is 10.1. The van der Waals surface area contributed by atoms with Crippen molar-refractivity contribution in [1.29, 1.82) is 0 Å². The van der Waals surface area contributed by atoms with E-state index in [2.05, 4.69) is 10.6 Å². The minimum atomic E-state index is -0.682. The van der Waals surface area contributed by atoms with Gasteiger partial charge in [0, 0.05) is 10.9 Å². The highest BCUT2D eigenvalue weighted by atomic mass is 32.2. The molecule has 2 rings (SSSR count). The van der Waals surface area contributed by atoms with E-state index < -0.39 is 29.8 Å². The number of hydrogen-bond acceptors (Lipinski definition) is 5. The van der Waals surface area contributed by atoms with Gasteiger partial charge in [0.2, 0.25) is 0 Å². The van der Waals surface area contributed by atoms with Crippen LogP contribution in [0.1, 0.15) is 24.7 Å². The van der Waals surface area contributed by atoms with Crippen LogP contribution >= 0.6 is 11.8 Å². The summed E-state index contributed by atoms with van der Waals surface area (Å²) >= 11 is 1.34. The van der Waals surface area contributed by atoms with E-state index in [0.29, 0.717) is 0 Å². The van der Waals surface area contributed by atoms with Crippen molar-refractivity contribution in [3.8, 4) is 0 Å². The number of hydrogen-bond donors (Lipinski definition) is 2. The van der Waals surface area contributed by atoms with Gasteiger partial charge in [-0.2, -0.15) is 0 Å². The number of benzene rings is 2. The third-order valence-electron chi connectivity index (χ3n) is 3.33. The Morgan fingerprint density at radius 1 is 0.963 bits per heavy atom. The Labute approximate surface area is 162 Å². The first-order valence-electron chi connectivity index (χ1n) is 8.49. The lowest BCUT2D eigenvalue weighted by Gasteiger charge is -2.16. The Hall–Kier alpha value is -2.80. The molecule has 27 heavy (non-hydrogen) atoms. The standard InChI is InChI=1S/C20H22N2O4S/c1-14(2)21-20(25)22-17(23)13-26-19(24)18(15-9-5-3-6-10-15)27-16-11-7-4-8-12-16/h3-12,14,18H,13H2,1-2H3,(H2,21,22,23,25)/t18-/m1/s1. The fourth-order valence-corrected chi connectivity index (χ4v) is 3.23. The SMILES string of the molecule is CC(C)NC(=O)NC(=O)COC(=O)[C@H](Sc1ccccc1)c1ccccc1. The molecule has 2 aromatic rings. The van der Waals surface area contributed by atoms with E-state index in [1.807, 2.05) is 60.7 Å². The lowest BCUT2D eigenvalue weighted by Crippen LogP contribution is -2.44. The Morgan fingerprint density at radius 2 is 1.56 bits per heavy atom. The zero-order chi connectivity index (χ0) is 19.6. The Morgan fingerprint density at radius 3 is 2.15 bits per heavy atom. The molecule has 2 N–H and O–H groups in total. The molecule has 1 atom stereocenters. The van der Waals surface area contributed by atoms with Gasteiger partial charge in [-0.3, -0.25) is 14.9 Å². The normalized spacial score (nSPS) is 11.5. The predicted octanol–water partition coefficient (Wildman–Crippen LogP) is 3.30. The van der Waals surface area contributed by atoms with Crippen molar-refractivity contribution in [1.82, 2.24) is 10.6 Å². The largest absolute Gasteiger partial charge is 0.454 e. The average Bonchev–Trinajstić information content (AvgIpc) is 2.65. The van der Waals surface area contributed by atoms with Gasteiger partial charge in [0.05, 0.1) is 0 Å². The summed E-state index contributed by atoms with van der Waals surface area (Å²) in [5.41, 5.74) is 0.773. The van der Waals surface area contributed by atoms with Crippen molar-refractivity contribution >= 4 is 29.7 Å². The van der Waals surface area contributed by atoms with E-state index in [1.165, 1.54) is 11.8 Å². The van der Waals surface area contributed by atoms with Gasteiger partial charge in [0.15, 0.2) is 6.61 Å². The maximum absolute atomic E-state index is 12.6. The quantitative estimate of drug-likeness (QED) is 0.563. The van der Waals surface area contributed by atoms with Crippen LogP contribution in [0.2, 0.25) is 0 Å². The van der Waals surface area contributed by atoms with Gasteiger partial charge in [0.1, 0.15) is 5.25 Å². The molecule has 0 bridgehead atoms. The van der Waals surface area contributed by atoms with Gasteiger partial charge in [-0.15, -0.1) is 11.8 Å². The van der Waals surface area contributed by atoms with Crippen LogP contribution in [0.15, 0.2) is 65.6 Å². The number of nitrogens with one attached hydrogen (secondary N) is 2. The van der Waals surface area contributed by atoms with E-state index in [4.69, 9.17) is 4.74 Å². The van der Waals surface area contributed by atoms with Crippen molar-refractivity contribution < 1.29 is 19.1 Å². The molecular formula is C20H22N2O4S. The monoisotopic (exact) mass is 386 g/mol. The summed E-state index contributed by atoms with van der Waals surface area (Å²) in [5, 5.41) is 4.03. The van der Waals surface area contributed by atoms with Crippen LogP contribution in [0.3, 0.4) is 0 Å². The van der Waals surface area contributed by atoms with Crippen LogP contribution in [0.5, 0.6) is 0 Å². The fourth-order valence-electron chi connectivity index (χ4n) is 2.19. The zero-order valence-electron chi connectivity index (χ0n) is 15.2. The molecule has 0 aliphatic carbocycles. The van der Waals surface area contributed by atoms with Crippen molar-refractivity contribution in [3.63, 3.8) is 0 Å². The molecule has 0 saturated heterocycles. The maximum Gasteiger partial charge on any atom is 0.324 e. The molecule has 0 spiro atoms. The number of amides is 3. The van der Waals surface area contributed by atoms with Gasteiger partial charge < -0.3 is 10.1 Å². The summed E-state index contributed by atoms with van der Waals surface area (Å²) in [6, 6.07) is 17.9. The van der Waals surface area contributed by atoms with Gasteiger partial charge in [0.25, 0.3) is 5.91 Å². The topological polar surface area (TPSA) is 84.5 Å². The number of rotatable bonds is 7. The minimum absolute atomic E-state index is 0.106. The molecular weight excluding hydrogens is 364 g/mol. The van der Waals surface area contributed by atoms with E-state index in [9.17, 15) is 14.4 Å². The van der Waals surface area contributed by atoms with E-state index in [-0.39, 0.29) is 6.04 Å². The average molecular weight is 386 g/mol. The van der Waals surface area contributed by atoms with Crippen LogP contribution in [-0.2, 0) is 14.3 Å². The smallest absolute Gasteiger partial charge is 0.324 e. The second-order valence-corrected chi connectivity index (χ2v) is 7.18. The van der Waals surface area contributed by atoms with Crippen LogP contribution in [0.25, 0.3) is 0 Å². The molecule has 142 valence electrons. The van der Waals surface area contributed by atoms with Gasteiger partial charge in [-0.25, -0.2) is 4.79 Å². The summed E-state index contributed by atoms with van der Waals surface area (Å²) in [4.78, 5) is 36.8. The first kappa shape index (κ1) is 20.5. The Kier molecular flexibility index (Phi) is 7.88. The predicted molar refractivity (Wildman–Crippen MR) is 104 cm³/mol. The maximum atomic E-state index is 12.6. The molecule has 0 unspecified atom stereocenters. The van der Waals surface area contributed by atoms with Crippen LogP contribution in [-0.4, -0.2) is 30.6 Å². The van der Waals surface area contributed by atoms with Gasteiger partial charge in [-0.1, -0.05) is 48.5 Å². The first-order valence-corrected chi connectivity index (χ1v) is 9.37. The van der Waals surface area contributed by atoms with Gasteiger partial charge >= 0.3 is 12.0 Å². The summed E-state index contributed by atoms with van der Waals surface area (Å²) in [5.74, 6) is -1.23. The second-order valence-electron chi connectivity index (χ2n) is 6.01. The zero-order valence-corrected chi connectivity index (χ0v) is 16.0. The Balaban J connectivity index is 1.99. The number of thioether (sulfide) groups is 1. The molecule has 0 saturated carbocycles. The summed E-state index contributed by atoms with van der Waals surface area (Å²) in [7, 11) is 0. The third-order valence-corrected chi connectivity index (χ3v) is 4.58. The fraction of sp³-hybridized carbons (Fsp3) is 0.250. The van der Waals surface area contributed by atoms with Crippen molar-refractivity contribution in [2.45, 2.75) is 30.0 Å². The summed E-state index contributed by atoms with van der Waals surface area (Å²) in [6.07, 6.45) is 0. The van der Waals surface area contributed by atoms with Crippen molar-refractivity contribution in [3.05, 3.63) is 66.2 Å². The van der Waals surface area contributed by atoms with E-state index in [1.54, 1.807) is 13.8 Å². The molecule has 7 heteroatoms. The number of carbonyl (C=O) groups is 3. The third kappa shape index (κ3) is 7.15. The molecule has 0 aromatic heterocycles.